The van der Waals surface area contributed by atoms with E-state index in [2.05, 4.69) is 0 Å². The first-order chi connectivity index (χ1) is 11.0. The molecule has 0 saturated heterocycles. The van der Waals surface area contributed by atoms with Gasteiger partial charge in [-0.3, -0.25) is 0 Å². The molecule has 0 N–H and O–H groups in total. The fourth-order valence-electron chi connectivity index (χ4n) is 2.43. The maximum Gasteiger partial charge on any atom is 0.339 e. The van der Waals surface area contributed by atoms with Crippen LogP contribution in [0.3, 0.4) is 0 Å². The molecule has 1 aliphatic rings. The highest BCUT2D eigenvalue weighted by Gasteiger charge is 2.28. The SMILES string of the molecule is CSc1ccc(C2=C(c3ccc(F)c(F)c3)C(=O)OC2)cc1Cl. The minimum Gasteiger partial charge on any atom is -0.457 e. The Labute approximate surface area is 141 Å². The van der Waals surface area contributed by atoms with Crippen molar-refractivity contribution in [1.82, 2.24) is 0 Å². The summed E-state index contributed by atoms with van der Waals surface area (Å²) in [6.07, 6.45) is 1.91. The molecule has 6 heteroatoms. The standard InChI is InChI=1S/C17H11ClF2O2S/c1-23-15-5-3-9(6-12(15)18)11-8-22-17(21)16(11)10-2-4-13(19)14(20)7-10/h2-7H,8H2,1H3. The number of carbonyl (C=O) groups is 1. The first kappa shape index (κ1) is 16.0. The first-order valence-corrected chi connectivity index (χ1v) is 8.31. The van der Waals surface area contributed by atoms with Gasteiger partial charge >= 0.3 is 5.97 Å². The smallest absolute Gasteiger partial charge is 0.339 e. The van der Waals surface area contributed by atoms with Crippen LogP contribution < -0.4 is 0 Å². The number of benzene rings is 2. The van der Waals surface area contributed by atoms with Gasteiger partial charge in [0.15, 0.2) is 11.6 Å². The van der Waals surface area contributed by atoms with Crippen molar-refractivity contribution in [2.24, 2.45) is 0 Å². The second kappa shape index (κ2) is 6.34. The monoisotopic (exact) mass is 352 g/mol. The fraction of sp³-hybridized carbons (Fsp3) is 0.118. The van der Waals surface area contributed by atoms with Crippen molar-refractivity contribution in [3.05, 3.63) is 64.2 Å². The van der Waals surface area contributed by atoms with Crippen LogP contribution in [0.5, 0.6) is 0 Å². The highest BCUT2D eigenvalue weighted by atomic mass is 35.5. The van der Waals surface area contributed by atoms with Gasteiger partial charge in [0.2, 0.25) is 0 Å². The molecule has 2 aromatic rings. The zero-order valence-corrected chi connectivity index (χ0v) is 13.6. The average molecular weight is 353 g/mol. The maximum atomic E-state index is 13.5. The zero-order valence-electron chi connectivity index (χ0n) is 12.0. The van der Waals surface area contributed by atoms with E-state index in [1.165, 1.54) is 17.8 Å². The number of hydrogen-bond acceptors (Lipinski definition) is 3. The van der Waals surface area contributed by atoms with Gasteiger partial charge in [0.1, 0.15) is 6.61 Å². The summed E-state index contributed by atoms with van der Waals surface area (Å²) < 4.78 is 31.7. The van der Waals surface area contributed by atoms with Crippen LogP contribution >= 0.6 is 23.4 Å². The van der Waals surface area contributed by atoms with Gasteiger partial charge in [-0.25, -0.2) is 13.6 Å². The summed E-state index contributed by atoms with van der Waals surface area (Å²) in [5.74, 6) is -2.53. The van der Waals surface area contributed by atoms with Gasteiger partial charge in [0.05, 0.1) is 10.6 Å². The minimum atomic E-state index is -1.01. The van der Waals surface area contributed by atoms with Crippen molar-refractivity contribution >= 4 is 40.5 Å². The van der Waals surface area contributed by atoms with Crippen LogP contribution in [0, 0.1) is 11.6 Å². The molecule has 0 unspecified atom stereocenters. The summed E-state index contributed by atoms with van der Waals surface area (Å²) in [7, 11) is 0. The number of carbonyl (C=O) groups excluding carboxylic acids is 1. The van der Waals surface area contributed by atoms with Crippen molar-refractivity contribution in [3.8, 4) is 0 Å². The number of cyclic esters (lactones) is 1. The van der Waals surface area contributed by atoms with Crippen molar-refractivity contribution in [1.29, 1.82) is 0 Å². The van der Waals surface area contributed by atoms with E-state index < -0.39 is 17.6 Å². The third-order valence-corrected chi connectivity index (χ3v) is 4.78. The summed E-state index contributed by atoms with van der Waals surface area (Å²) in [6.45, 7) is 0.0715. The largest absolute Gasteiger partial charge is 0.457 e. The van der Waals surface area contributed by atoms with Crippen molar-refractivity contribution in [2.75, 3.05) is 12.9 Å². The lowest BCUT2D eigenvalue weighted by Gasteiger charge is -2.07. The number of rotatable bonds is 3. The van der Waals surface area contributed by atoms with Gasteiger partial charge in [0.25, 0.3) is 0 Å². The molecule has 3 rings (SSSR count). The molecule has 0 saturated carbocycles. The van der Waals surface area contributed by atoms with Crippen molar-refractivity contribution in [2.45, 2.75) is 4.90 Å². The van der Waals surface area contributed by atoms with Gasteiger partial charge < -0.3 is 4.74 Å². The summed E-state index contributed by atoms with van der Waals surface area (Å²) in [5, 5.41) is 0.562. The van der Waals surface area contributed by atoms with Crippen LogP contribution in [0.2, 0.25) is 5.02 Å². The Morgan fingerprint density at radius 1 is 1.09 bits per heavy atom. The van der Waals surface area contributed by atoms with Crippen LogP contribution in [0.15, 0.2) is 41.3 Å². The number of ether oxygens (including phenoxy) is 1. The normalized spacial score (nSPS) is 14.3. The minimum absolute atomic E-state index is 0.0715. The van der Waals surface area contributed by atoms with E-state index in [0.717, 1.165) is 22.6 Å². The Morgan fingerprint density at radius 2 is 1.83 bits per heavy atom. The molecule has 23 heavy (non-hydrogen) atoms. The van der Waals surface area contributed by atoms with Gasteiger partial charge in [-0.15, -0.1) is 11.8 Å². The van der Waals surface area contributed by atoms with E-state index >= 15 is 0 Å². The summed E-state index contributed by atoms with van der Waals surface area (Å²) in [4.78, 5) is 12.9. The summed E-state index contributed by atoms with van der Waals surface area (Å²) in [5.41, 5.74) is 1.84. The predicted molar refractivity (Wildman–Crippen MR) is 87.4 cm³/mol. The van der Waals surface area contributed by atoms with E-state index in [9.17, 15) is 13.6 Å². The molecule has 0 atom stereocenters. The molecule has 2 aromatic carbocycles. The third-order valence-electron chi connectivity index (χ3n) is 3.56. The van der Waals surface area contributed by atoms with Crippen LogP contribution in [-0.2, 0) is 9.53 Å². The molecular weight excluding hydrogens is 342 g/mol. The van der Waals surface area contributed by atoms with E-state index in [4.69, 9.17) is 16.3 Å². The molecule has 0 spiro atoms. The second-order valence-corrected chi connectivity index (χ2v) is 6.16. The van der Waals surface area contributed by atoms with Crippen LogP contribution in [0.4, 0.5) is 8.78 Å². The molecule has 0 aliphatic carbocycles. The fourth-order valence-corrected chi connectivity index (χ4v) is 3.30. The van der Waals surface area contributed by atoms with Crippen LogP contribution in [-0.4, -0.2) is 18.8 Å². The van der Waals surface area contributed by atoms with E-state index in [-0.39, 0.29) is 17.7 Å². The first-order valence-electron chi connectivity index (χ1n) is 6.71. The molecule has 0 aromatic heterocycles. The molecule has 1 heterocycles. The lowest BCUT2D eigenvalue weighted by molar-refractivity contribution is -0.133. The molecule has 0 bridgehead atoms. The predicted octanol–water partition coefficient (Wildman–Crippen LogP) is 4.81. The van der Waals surface area contributed by atoms with E-state index in [0.29, 0.717) is 10.6 Å². The Bertz CT molecular complexity index is 833. The number of halogens is 3. The Kier molecular flexibility index (Phi) is 4.41. The molecular formula is C17H11ClF2O2S. The highest BCUT2D eigenvalue weighted by Crippen LogP contribution is 2.36. The van der Waals surface area contributed by atoms with Gasteiger partial charge in [-0.1, -0.05) is 23.7 Å². The third kappa shape index (κ3) is 2.99. The van der Waals surface area contributed by atoms with Gasteiger partial charge in [-0.05, 0) is 41.6 Å². The zero-order chi connectivity index (χ0) is 16.6. The van der Waals surface area contributed by atoms with Gasteiger partial charge in [-0.2, -0.15) is 0 Å². The van der Waals surface area contributed by atoms with Gasteiger partial charge in [0, 0.05) is 10.5 Å². The van der Waals surface area contributed by atoms with Crippen molar-refractivity contribution < 1.29 is 18.3 Å². The summed E-state index contributed by atoms with van der Waals surface area (Å²) in [6, 6.07) is 8.76. The Balaban J connectivity index is 2.14. The van der Waals surface area contributed by atoms with E-state index in [1.54, 1.807) is 6.07 Å². The second-order valence-electron chi connectivity index (χ2n) is 4.91. The Morgan fingerprint density at radius 3 is 2.48 bits per heavy atom. The lowest BCUT2D eigenvalue weighted by atomic mass is 9.96. The maximum absolute atomic E-state index is 13.5. The van der Waals surface area contributed by atoms with Crippen LogP contribution in [0.1, 0.15) is 11.1 Å². The number of esters is 1. The molecule has 2 nitrogen and oxygen atoms in total. The topological polar surface area (TPSA) is 26.3 Å². The number of hydrogen-bond donors (Lipinski definition) is 0. The Hall–Kier alpha value is -1.85. The highest BCUT2D eigenvalue weighted by molar-refractivity contribution is 7.98. The molecule has 0 amide bonds. The summed E-state index contributed by atoms with van der Waals surface area (Å²) >= 11 is 7.72. The molecule has 0 fully saturated rings. The van der Waals surface area contributed by atoms with Crippen LogP contribution in [0.25, 0.3) is 11.1 Å². The average Bonchev–Trinajstić information content (AvgIpc) is 2.91. The van der Waals surface area contributed by atoms with Crippen molar-refractivity contribution in [3.63, 3.8) is 0 Å². The van der Waals surface area contributed by atoms with E-state index in [1.807, 2.05) is 18.4 Å². The number of thioether (sulfide) groups is 1. The lowest BCUT2D eigenvalue weighted by Crippen LogP contribution is -1.99. The molecule has 1 aliphatic heterocycles. The molecule has 0 radical (unpaired) electrons. The quantitative estimate of drug-likeness (QED) is 0.586. The molecule has 118 valence electrons.